The number of hydrogen-bond donors (Lipinski definition) is 3. The van der Waals surface area contributed by atoms with E-state index >= 15 is 0 Å². The Balaban J connectivity index is 1.87. The van der Waals surface area contributed by atoms with E-state index in [0.717, 1.165) is 25.9 Å². The molecule has 0 spiro atoms. The predicted molar refractivity (Wildman–Crippen MR) is 74.6 cm³/mol. The van der Waals surface area contributed by atoms with Crippen LogP contribution in [0.25, 0.3) is 0 Å². The second-order valence-electron chi connectivity index (χ2n) is 5.62. The Morgan fingerprint density at radius 3 is 2.84 bits per heavy atom. The molecule has 0 aromatic heterocycles. The molecule has 1 amide bonds. The Hall–Kier alpha value is -1.39. The van der Waals surface area contributed by atoms with Crippen molar-refractivity contribution < 1.29 is 9.90 Å². The first-order chi connectivity index (χ1) is 9.11. The van der Waals surface area contributed by atoms with Crippen LogP contribution in [0.15, 0.2) is 30.3 Å². The smallest absolute Gasteiger partial charge is 0.253 e. The van der Waals surface area contributed by atoms with Crippen molar-refractivity contribution in [3.8, 4) is 0 Å². The van der Waals surface area contributed by atoms with E-state index in [0.29, 0.717) is 12.1 Å². The molecule has 4 heteroatoms. The first-order valence-corrected chi connectivity index (χ1v) is 6.82. The van der Waals surface area contributed by atoms with E-state index < -0.39 is 6.10 Å². The molecule has 0 bridgehead atoms. The minimum Gasteiger partial charge on any atom is -0.378 e. The Morgan fingerprint density at radius 1 is 1.47 bits per heavy atom. The van der Waals surface area contributed by atoms with Crippen LogP contribution >= 0.6 is 0 Å². The maximum atomic E-state index is 11.9. The molecule has 2 unspecified atom stereocenters. The first-order valence-electron chi connectivity index (χ1n) is 6.82. The summed E-state index contributed by atoms with van der Waals surface area (Å²) >= 11 is 0. The largest absolute Gasteiger partial charge is 0.378 e. The normalized spacial score (nSPS) is 24.7. The zero-order valence-electron chi connectivity index (χ0n) is 11.4. The number of aliphatic hydroxyl groups is 1. The van der Waals surface area contributed by atoms with Gasteiger partial charge in [-0.25, -0.2) is 0 Å². The number of amides is 1. The predicted octanol–water partition coefficient (Wildman–Crippen LogP) is 1.23. The Bertz CT molecular complexity index is 413. The van der Waals surface area contributed by atoms with Gasteiger partial charge < -0.3 is 15.7 Å². The van der Waals surface area contributed by atoms with Crippen LogP contribution in [-0.4, -0.2) is 30.6 Å². The highest BCUT2D eigenvalue weighted by Crippen LogP contribution is 2.24. The summed E-state index contributed by atoms with van der Waals surface area (Å²) in [6.45, 7) is 4.72. The summed E-state index contributed by atoms with van der Waals surface area (Å²) in [5, 5.41) is 16.2. The van der Waals surface area contributed by atoms with Gasteiger partial charge in [-0.1, -0.05) is 37.3 Å². The third-order valence-corrected chi connectivity index (χ3v) is 3.74. The van der Waals surface area contributed by atoms with Gasteiger partial charge in [-0.2, -0.15) is 0 Å². The number of piperidine rings is 1. The molecule has 0 saturated carbocycles. The zero-order chi connectivity index (χ0) is 13.7. The summed E-state index contributed by atoms with van der Waals surface area (Å²) < 4.78 is 0. The summed E-state index contributed by atoms with van der Waals surface area (Å²) in [7, 11) is 0. The van der Waals surface area contributed by atoms with E-state index in [9.17, 15) is 9.90 Å². The molecule has 1 heterocycles. The highest BCUT2D eigenvalue weighted by molar-refractivity contribution is 5.81. The van der Waals surface area contributed by atoms with Gasteiger partial charge >= 0.3 is 0 Å². The van der Waals surface area contributed by atoms with Crippen molar-refractivity contribution in [1.82, 2.24) is 10.6 Å². The molecule has 1 aromatic rings. The number of rotatable bonds is 4. The third kappa shape index (κ3) is 3.78. The second kappa shape index (κ2) is 6.17. The van der Waals surface area contributed by atoms with E-state index in [1.807, 2.05) is 18.2 Å². The third-order valence-electron chi connectivity index (χ3n) is 3.74. The topological polar surface area (TPSA) is 61.4 Å². The van der Waals surface area contributed by atoms with Crippen molar-refractivity contribution in [1.29, 1.82) is 0 Å². The lowest BCUT2D eigenvalue weighted by atomic mass is 9.83. The fourth-order valence-electron chi connectivity index (χ4n) is 2.45. The molecule has 1 aliphatic rings. The van der Waals surface area contributed by atoms with Gasteiger partial charge in [0.05, 0.1) is 0 Å². The van der Waals surface area contributed by atoms with Gasteiger partial charge in [0, 0.05) is 13.1 Å². The Labute approximate surface area is 114 Å². The molecule has 104 valence electrons. The summed E-state index contributed by atoms with van der Waals surface area (Å²) in [5.41, 5.74) is 0.719. The van der Waals surface area contributed by atoms with Gasteiger partial charge in [-0.05, 0) is 30.4 Å². The van der Waals surface area contributed by atoms with Gasteiger partial charge in [0.25, 0.3) is 5.91 Å². The number of aliphatic hydroxyl groups excluding tert-OH is 1. The SMILES string of the molecule is CC1(CNC(=O)C(O)c2ccccc2)CCCNC1. The summed E-state index contributed by atoms with van der Waals surface area (Å²) in [6.07, 6.45) is 1.15. The lowest BCUT2D eigenvalue weighted by molar-refractivity contribution is -0.130. The molecular formula is C15H22N2O2. The van der Waals surface area contributed by atoms with Crippen molar-refractivity contribution in [2.45, 2.75) is 25.9 Å². The van der Waals surface area contributed by atoms with Gasteiger partial charge in [0.2, 0.25) is 0 Å². The minimum absolute atomic E-state index is 0.0876. The minimum atomic E-state index is -1.08. The molecule has 2 rings (SSSR count). The monoisotopic (exact) mass is 262 g/mol. The second-order valence-corrected chi connectivity index (χ2v) is 5.62. The van der Waals surface area contributed by atoms with Crippen molar-refractivity contribution in [3.05, 3.63) is 35.9 Å². The molecule has 3 N–H and O–H groups in total. The van der Waals surface area contributed by atoms with E-state index in [1.54, 1.807) is 12.1 Å². The van der Waals surface area contributed by atoms with E-state index in [4.69, 9.17) is 0 Å². The molecular weight excluding hydrogens is 240 g/mol. The van der Waals surface area contributed by atoms with Gasteiger partial charge in [-0.3, -0.25) is 4.79 Å². The summed E-state index contributed by atoms with van der Waals surface area (Å²) in [6, 6.07) is 9.02. The van der Waals surface area contributed by atoms with Crippen molar-refractivity contribution in [2.75, 3.05) is 19.6 Å². The molecule has 1 saturated heterocycles. The van der Waals surface area contributed by atoms with Crippen LogP contribution in [-0.2, 0) is 4.79 Å². The van der Waals surface area contributed by atoms with Crippen LogP contribution in [0.3, 0.4) is 0 Å². The number of hydrogen-bond acceptors (Lipinski definition) is 3. The highest BCUT2D eigenvalue weighted by Gasteiger charge is 2.28. The number of carbonyl (C=O) groups excluding carboxylic acids is 1. The number of carbonyl (C=O) groups is 1. The van der Waals surface area contributed by atoms with Crippen molar-refractivity contribution in [3.63, 3.8) is 0 Å². The van der Waals surface area contributed by atoms with Crippen LogP contribution in [0.2, 0.25) is 0 Å². The first kappa shape index (κ1) is 14.0. The van der Waals surface area contributed by atoms with Crippen LogP contribution < -0.4 is 10.6 Å². The molecule has 2 atom stereocenters. The zero-order valence-corrected chi connectivity index (χ0v) is 11.4. The molecule has 4 nitrogen and oxygen atoms in total. The lowest BCUT2D eigenvalue weighted by Crippen LogP contribution is -2.46. The average Bonchev–Trinajstić information content (AvgIpc) is 2.46. The lowest BCUT2D eigenvalue weighted by Gasteiger charge is -2.34. The molecule has 1 fully saturated rings. The standard InChI is InChI=1S/C15H22N2O2/c1-15(8-5-9-16-10-15)11-17-14(19)13(18)12-6-3-2-4-7-12/h2-4,6-7,13,16,18H,5,8-11H2,1H3,(H,17,19). The van der Waals surface area contributed by atoms with Crippen molar-refractivity contribution >= 4 is 5.91 Å². The van der Waals surface area contributed by atoms with E-state index in [2.05, 4.69) is 17.6 Å². The van der Waals surface area contributed by atoms with Crippen LogP contribution in [0.5, 0.6) is 0 Å². The summed E-state index contributed by atoms with van der Waals surface area (Å²) in [4.78, 5) is 11.9. The van der Waals surface area contributed by atoms with E-state index in [-0.39, 0.29) is 11.3 Å². The Morgan fingerprint density at radius 2 is 2.21 bits per heavy atom. The van der Waals surface area contributed by atoms with Crippen molar-refractivity contribution in [2.24, 2.45) is 5.41 Å². The summed E-state index contributed by atoms with van der Waals surface area (Å²) in [5.74, 6) is -0.321. The fraction of sp³-hybridized carbons (Fsp3) is 0.533. The highest BCUT2D eigenvalue weighted by atomic mass is 16.3. The van der Waals surface area contributed by atoms with Gasteiger partial charge in [0.1, 0.15) is 0 Å². The number of benzene rings is 1. The quantitative estimate of drug-likeness (QED) is 0.765. The van der Waals surface area contributed by atoms with Crippen LogP contribution in [0, 0.1) is 5.41 Å². The average molecular weight is 262 g/mol. The molecule has 19 heavy (non-hydrogen) atoms. The van der Waals surface area contributed by atoms with Gasteiger partial charge in [0.15, 0.2) is 6.10 Å². The Kier molecular flexibility index (Phi) is 4.56. The fourth-order valence-corrected chi connectivity index (χ4v) is 2.45. The maximum absolute atomic E-state index is 11.9. The molecule has 1 aromatic carbocycles. The van der Waals surface area contributed by atoms with Gasteiger partial charge in [-0.15, -0.1) is 0 Å². The van der Waals surface area contributed by atoms with E-state index in [1.165, 1.54) is 0 Å². The number of nitrogens with one attached hydrogen (secondary N) is 2. The molecule has 0 aliphatic carbocycles. The molecule has 0 radical (unpaired) electrons. The van der Waals surface area contributed by atoms with Crippen LogP contribution in [0.1, 0.15) is 31.4 Å². The molecule has 1 aliphatic heterocycles. The van der Waals surface area contributed by atoms with Crippen LogP contribution in [0.4, 0.5) is 0 Å². The maximum Gasteiger partial charge on any atom is 0.253 e.